The van der Waals surface area contributed by atoms with Crippen LogP contribution in [0.4, 0.5) is 5.69 Å². The topological polar surface area (TPSA) is 122 Å². The number of anilines is 1. The number of benzene rings is 4. The van der Waals surface area contributed by atoms with Gasteiger partial charge in [-0.05, 0) is 64.7 Å². The highest BCUT2D eigenvalue weighted by molar-refractivity contribution is 6.30. The Labute approximate surface area is 256 Å². The minimum absolute atomic E-state index is 0.0607. The van der Waals surface area contributed by atoms with Gasteiger partial charge in [0.15, 0.2) is 6.61 Å². The van der Waals surface area contributed by atoms with Gasteiger partial charge in [0.1, 0.15) is 0 Å². The summed E-state index contributed by atoms with van der Waals surface area (Å²) in [5.41, 5.74) is 9.29. The second-order valence-electron chi connectivity index (χ2n) is 10.9. The molecule has 0 aromatic heterocycles. The summed E-state index contributed by atoms with van der Waals surface area (Å²) in [5.74, 6) is -4.38. The number of imide groups is 1. The van der Waals surface area contributed by atoms with E-state index >= 15 is 0 Å². The molecule has 4 aromatic rings. The molecule has 4 aliphatic rings. The van der Waals surface area contributed by atoms with Gasteiger partial charge < -0.3 is 4.74 Å². The number of carbonyl (C=O) groups is 5. The minimum Gasteiger partial charge on any atom is -0.452 e. The number of carbonyl (C=O) groups excluding carboxylic acids is 5. The summed E-state index contributed by atoms with van der Waals surface area (Å²) in [6.07, 6.45) is 0. The lowest BCUT2D eigenvalue weighted by Crippen LogP contribution is -2.43. The average molecular weight is 606 g/mol. The van der Waals surface area contributed by atoms with Crippen molar-refractivity contribution in [3.8, 4) is 0 Å². The molecule has 4 amide bonds. The van der Waals surface area contributed by atoms with Gasteiger partial charge in [-0.2, -0.15) is 0 Å². The second-order valence-corrected chi connectivity index (χ2v) is 11.3. The summed E-state index contributed by atoms with van der Waals surface area (Å²) in [4.78, 5) is 66.4. The third-order valence-electron chi connectivity index (χ3n) is 8.54. The highest BCUT2D eigenvalue weighted by Crippen LogP contribution is 2.61. The summed E-state index contributed by atoms with van der Waals surface area (Å²) in [6, 6.07) is 28.1. The molecule has 218 valence electrons. The predicted octanol–water partition coefficient (Wildman–Crippen LogP) is 4.35. The molecule has 3 aliphatic carbocycles. The Balaban J connectivity index is 1.06. The van der Waals surface area contributed by atoms with E-state index in [0.29, 0.717) is 5.02 Å². The number of nitrogens with zero attached hydrogens (tertiary/aromatic N) is 1. The lowest BCUT2D eigenvalue weighted by Gasteiger charge is -2.45. The Morgan fingerprint density at radius 1 is 0.682 bits per heavy atom. The fourth-order valence-electron chi connectivity index (χ4n) is 6.75. The molecule has 0 radical (unpaired) electrons. The van der Waals surface area contributed by atoms with Crippen molar-refractivity contribution in [3.63, 3.8) is 0 Å². The van der Waals surface area contributed by atoms with Crippen LogP contribution in [0.5, 0.6) is 0 Å². The van der Waals surface area contributed by atoms with E-state index in [9.17, 15) is 24.0 Å². The average Bonchev–Trinajstić information content (AvgIpc) is 3.32. The van der Waals surface area contributed by atoms with E-state index in [0.717, 1.165) is 22.3 Å². The van der Waals surface area contributed by atoms with Crippen molar-refractivity contribution in [2.75, 3.05) is 11.5 Å². The molecular weight excluding hydrogens is 582 g/mol. The van der Waals surface area contributed by atoms with E-state index in [4.69, 9.17) is 16.3 Å². The van der Waals surface area contributed by atoms with Gasteiger partial charge in [-0.3, -0.25) is 30.0 Å². The molecule has 10 heteroatoms. The van der Waals surface area contributed by atoms with Gasteiger partial charge in [0, 0.05) is 22.4 Å². The molecule has 0 unspecified atom stereocenters. The molecule has 1 saturated heterocycles. The maximum Gasteiger partial charge on any atom is 0.338 e. The number of hydrazine groups is 1. The summed E-state index contributed by atoms with van der Waals surface area (Å²) in [7, 11) is 0. The number of hydrogen-bond donors (Lipinski definition) is 2. The first-order valence-electron chi connectivity index (χ1n) is 14.0. The minimum atomic E-state index is -0.831. The van der Waals surface area contributed by atoms with E-state index in [2.05, 4.69) is 10.9 Å². The third-order valence-corrected chi connectivity index (χ3v) is 8.80. The van der Waals surface area contributed by atoms with E-state index < -0.39 is 36.2 Å². The summed E-state index contributed by atoms with van der Waals surface area (Å²) >= 11 is 5.82. The smallest absolute Gasteiger partial charge is 0.338 e. The van der Waals surface area contributed by atoms with Crippen molar-refractivity contribution < 1.29 is 28.7 Å². The van der Waals surface area contributed by atoms with Gasteiger partial charge in [-0.15, -0.1) is 0 Å². The van der Waals surface area contributed by atoms with Crippen LogP contribution >= 0.6 is 11.6 Å². The molecule has 2 bridgehead atoms. The SMILES string of the molecule is O=C(COC(=O)c1cccc(N2C(=O)[C@H]3C4c5ccccc5C(c5ccccc54)[C@@H]3C2=O)c1)NNC(=O)c1ccc(Cl)cc1. The van der Waals surface area contributed by atoms with Crippen LogP contribution in [0.3, 0.4) is 0 Å². The van der Waals surface area contributed by atoms with Crippen molar-refractivity contribution in [2.45, 2.75) is 11.8 Å². The van der Waals surface area contributed by atoms with E-state index in [-0.39, 0.29) is 40.5 Å². The van der Waals surface area contributed by atoms with E-state index in [1.807, 2.05) is 48.5 Å². The highest BCUT2D eigenvalue weighted by atomic mass is 35.5. The van der Waals surface area contributed by atoms with Crippen molar-refractivity contribution in [2.24, 2.45) is 11.8 Å². The zero-order chi connectivity index (χ0) is 30.5. The van der Waals surface area contributed by atoms with Gasteiger partial charge in [-0.1, -0.05) is 66.2 Å². The zero-order valence-corrected chi connectivity index (χ0v) is 23.8. The number of rotatable bonds is 5. The predicted molar refractivity (Wildman–Crippen MR) is 160 cm³/mol. The van der Waals surface area contributed by atoms with Gasteiger partial charge in [0.25, 0.3) is 11.8 Å². The Morgan fingerprint density at radius 2 is 1.23 bits per heavy atom. The van der Waals surface area contributed by atoms with Gasteiger partial charge in [0.05, 0.1) is 23.1 Å². The van der Waals surface area contributed by atoms with Crippen LogP contribution in [0.25, 0.3) is 0 Å². The molecule has 1 heterocycles. The largest absolute Gasteiger partial charge is 0.452 e. The van der Waals surface area contributed by atoms with Crippen molar-refractivity contribution >= 4 is 46.9 Å². The number of nitrogens with one attached hydrogen (secondary N) is 2. The molecule has 2 atom stereocenters. The zero-order valence-electron chi connectivity index (χ0n) is 23.0. The van der Waals surface area contributed by atoms with Gasteiger partial charge in [-0.25, -0.2) is 9.69 Å². The number of esters is 1. The first-order chi connectivity index (χ1) is 21.3. The summed E-state index contributed by atoms with van der Waals surface area (Å²) in [6.45, 7) is -0.671. The monoisotopic (exact) mass is 605 g/mol. The maximum atomic E-state index is 14.0. The molecule has 1 aliphatic heterocycles. The molecule has 44 heavy (non-hydrogen) atoms. The van der Waals surface area contributed by atoms with Crippen LogP contribution in [0.2, 0.25) is 5.02 Å². The fraction of sp³-hybridized carbons (Fsp3) is 0.147. The van der Waals surface area contributed by atoms with Crippen LogP contribution in [0.15, 0.2) is 97.1 Å². The first kappa shape index (κ1) is 27.5. The standard InChI is InChI=1S/C34H24ClN3O6/c35-20-14-12-18(13-15-20)31(40)37-36-26(39)17-44-34(43)19-6-5-7-21(16-19)38-32(41)29-27-22-8-1-2-9-23(22)28(30(29)33(38)42)25-11-4-3-10-24(25)27/h1-16,27-30H,17H2,(H,36,39)(H,37,40)/t27?,28?,29-,30-/m0/s1. The van der Waals surface area contributed by atoms with Crippen molar-refractivity contribution in [1.29, 1.82) is 0 Å². The number of ether oxygens (including phenoxy) is 1. The van der Waals surface area contributed by atoms with Crippen LogP contribution in [0, 0.1) is 11.8 Å². The number of amides is 4. The van der Waals surface area contributed by atoms with Crippen LogP contribution in [-0.4, -0.2) is 36.2 Å². The van der Waals surface area contributed by atoms with Crippen LogP contribution in [-0.2, 0) is 19.1 Å². The van der Waals surface area contributed by atoms with Crippen LogP contribution < -0.4 is 15.8 Å². The molecule has 9 nitrogen and oxygen atoms in total. The Hall–Kier alpha value is -5.28. The molecule has 8 rings (SSSR count). The fourth-order valence-corrected chi connectivity index (χ4v) is 6.88. The lowest BCUT2D eigenvalue weighted by molar-refractivity contribution is -0.125. The number of halogens is 1. The normalized spacial score (nSPS) is 20.8. The lowest BCUT2D eigenvalue weighted by atomic mass is 9.55. The molecule has 4 aromatic carbocycles. The van der Waals surface area contributed by atoms with Gasteiger partial charge in [0.2, 0.25) is 11.8 Å². The molecule has 2 N–H and O–H groups in total. The third kappa shape index (κ3) is 4.44. The van der Waals surface area contributed by atoms with Crippen LogP contribution in [0.1, 0.15) is 54.8 Å². The molecule has 0 saturated carbocycles. The molecule has 1 fully saturated rings. The summed E-state index contributed by atoms with van der Waals surface area (Å²) < 4.78 is 5.13. The Bertz CT molecular complexity index is 1760. The summed E-state index contributed by atoms with van der Waals surface area (Å²) in [5, 5.41) is 0.460. The van der Waals surface area contributed by atoms with E-state index in [1.165, 1.54) is 41.3 Å². The Kier molecular flexibility index (Phi) is 6.74. The number of hydrogen-bond acceptors (Lipinski definition) is 6. The van der Waals surface area contributed by atoms with E-state index in [1.54, 1.807) is 12.1 Å². The highest BCUT2D eigenvalue weighted by Gasteiger charge is 2.61. The van der Waals surface area contributed by atoms with Crippen molar-refractivity contribution in [3.05, 3.63) is 135 Å². The molecule has 0 spiro atoms. The van der Waals surface area contributed by atoms with Crippen molar-refractivity contribution in [1.82, 2.24) is 10.9 Å². The second kappa shape index (κ2) is 10.8. The quantitative estimate of drug-likeness (QED) is 0.198. The maximum absolute atomic E-state index is 14.0. The first-order valence-corrected chi connectivity index (χ1v) is 14.4. The van der Waals surface area contributed by atoms with Gasteiger partial charge >= 0.3 is 5.97 Å². The Morgan fingerprint density at radius 3 is 1.77 bits per heavy atom. The molecular formula is C34H24ClN3O6.